The summed E-state index contributed by atoms with van der Waals surface area (Å²) < 4.78 is 62.9. The van der Waals surface area contributed by atoms with Crippen LogP contribution in [0.15, 0.2) is 47.4 Å². The van der Waals surface area contributed by atoms with Crippen molar-refractivity contribution in [2.24, 2.45) is 0 Å². The number of hydrogen-bond acceptors (Lipinski definition) is 6. The molecule has 2 aromatic carbocycles. The molecule has 0 fully saturated rings. The lowest BCUT2D eigenvalue weighted by Crippen LogP contribution is -2.38. The first-order valence-corrected chi connectivity index (χ1v) is 10.9. The van der Waals surface area contributed by atoms with Gasteiger partial charge < -0.3 is 10.2 Å². The molecule has 172 valence electrons. The number of nitro benzene ring substituents is 1. The molecule has 32 heavy (non-hydrogen) atoms. The highest BCUT2D eigenvalue weighted by molar-refractivity contribution is 7.90. The molecule has 0 bridgehead atoms. The van der Waals surface area contributed by atoms with Crippen LogP contribution >= 0.6 is 0 Å². The molecule has 0 aromatic heterocycles. The van der Waals surface area contributed by atoms with Crippen LogP contribution < -0.4 is 5.32 Å². The molecule has 0 aliphatic rings. The highest BCUT2D eigenvalue weighted by atomic mass is 32.2. The van der Waals surface area contributed by atoms with Crippen LogP contribution in [0.2, 0.25) is 0 Å². The van der Waals surface area contributed by atoms with Gasteiger partial charge in [-0.1, -0.05) is 12.1 Å². The van der Waals surface area contributed by atoms with E-state index in [1.54, 1.807) is 0 Å². The number of para-hydroxylation sites is 1. The average Bonchev–Trinajstić information content (AvgIpc) is 2.70. The summed E-state index contributed by atoms with van der Waals surface area (Å²) in [7, 11) is -3.89. The summed E-state index contributed by atoms with van der Waals surface area (Å²) in [6.45, 7) is 0.728. The lowest BCUT2D eigenvalue weighted by molar-refractivity contribution is -0.385. The average molecular weight is 473 g/mol. The number of anilines is 1. The molecule has 2 amide bonds. The largest absolute Gasteiger partial charge is 0.418 e. The van der Waals surface area contributed by atoms with E-state index in [0.717, 1.165) is 47.6 Å². The summed E-state index contributed by atoms with van der Waals surface area (Å²) in [5.74, 6) is -1.84. The number of nitro groups is 1. The highest BCUT2D eigenvalue weighted by Gasteiger charge is 2.33. The van der Waals surface area contributed by atoms with Crippen LogP contribution in [0, 0.1) is 10.1 Å². The summed E-state index contributed by atoms with van der Waals surface area (Å²) in [6.07, 6.45) is -3.90. The lowest BCUT2D eigenvalue weighted by Gasteiger charge is -2.21. The van der Waals surface area contributed by atoms with Gasteiger partial charge in [0.2, 0.25) is 5.91 Å². The van der Waals surface area contributed by atoms with Crippen molar-refractivity contribution in [3.63, 3.8) is 0 Å². The molecule has 2 aromatic rings. The van der Waals surface area contributed by atoms with Crippen LogP contribution in [0.5, 0.6) is 0 Å². The summed E-state index contributed by atoms with van der Waals surface area (Å²) >= 11 is 0. The number of alkyl halides is 3. The van der Waals surface area contributed by atoms with Crippen LogP contribution in [-0.4, -0.2) is 49.4 Å². The minimum absolute atomic E-state index is 0.0793. The number of nitrogens with one attached hydrogen (secondary N) is 1. The molecule has 0 unspecified atom stereocenters. The van der Waals surface area contributed by atoms with E-state index in [9.17, 15) is 41.3 Å². The molecule has 0 atom stereocenters. The smallest absolute Gasteiger partial charge is 0.330 e. The van der Waals surface area contributed by atoms with Gasteiger partial charge in [-0.2, -0.15) is 13.2 Å². The van der Waals surface area contributed by atoms with Gasteiger partial charge in [0, 0.05) is 30.5 Å². The quantitative estimate of drug-likeness (QED) is 0.486. The second-order valence-electron chi connectivity index (χ2n) is 6.66. The van der Waals surface area contributed by atoms with Crippen molar-refractivity contribution in [3.8, 4) is 0 Å². The second-order valence-corrected chi connectivity index (χ2v) is 8.67. The van der Waals surface area contributed by atoms with Crippen molar-refractivity contribution in [2.45, 2.75) is 18.0 Å². The minimum Gasteiger partial charge on any atom is -0.330 e. The molecule has 0 saturated heterocycles. The Hall–Kier alpha value is -3.48. The van der Waals surface area contributed by atoms with Gasteiger partial charge in [0.25, 0.3) is 11.6 Å². The molecular formula is C19H18F3N3O6S. The van der Waals surface area contributed by atoms with Crippen molar-refractivity contribution in [1.29, 1.82) is 0 Å². The van der Waals surface area contributed by atoms with Crippen LogP contribution in [-0.2, 0) is 20.8 Å². The number of likely N-dealkylation sites (N-methyl/N-ethyl adjacent to an activating group) is 1. The van der Waals surface area contributed by atoms with Gasteiger partial charge in [-0.15, -0.1) is 0 Å². The van der Waals surface area contributed by atoms with E-state index in [-0.39, 0.29) is 12.1 Å². The second kappa shape index (κ2) is 9.34. The summed E-state index contributed by atoms with van der Waals surface area (Å²) in [5.41, 5.74) is -2.57. The topological polar surface area (TPSA) is 127 Å². The molecule has 2 rings (SSSR count). The number of halogens is 3. The fraction of sp³-hybridized carbons (Fsp3) is 0.263. The minimum atomic E-state index is -4.71. The third kappa shape index (κ3) is 6.03. The Bertz CT molecular complexity index is 1170. The number of benzene rings is 2. The van der Waals surface area contributed by atoms with E-state index in [1.165, 1.54) is 13.0 Å². The number of hydrogen-bond donors (Lipinski definition) is 1. The first-order valence-electron chi connectivity index (χ1n) is 8.99. The number of non-ortho nitro benzene ring substituents is 1. The number of carbonyl (C=O) groups is 2. The molecule has 0 radical (unpaired) electrons. The fourth-order valence-corrected chi connectivity index (χ4v) is 3.41. The Morgan fingerprint density at radius 1 is 1.16 bits per heavy atom. The van der Waals surface area contributed by atoms with E-state index in [1.807, 2.05) is 0 Å². The zero-order chi connectivity index (χ0) is 24.3. The number of nitrogens with zero attached hydrogens (tertiary/aromatic N) is 2. The van der Waals surface area contributed by atoms with E-state index in [2.05, 4.69) is 5.32 Å². The molecule has 0 saturated carbocycles. The maximum absolute atomic E-state index is 13.1. The Balaban J connectivity index is 2.31. The van der Waals surface area contributed by atoms with Crippen LogP contribution in [0.25, 0.3) is 0 Å². The summed E-state index contributed by atoms with van der Waals surface area (Å²) in [5, 5.41) is 13.2. The standard InChI is InChI=1S/C19H18F3N3O6S/c1-3-24(11-17(26)23-16-7-5-4-6-15(16)19(20,21)22)18(27)12-8-13(25(28)29)10-14(9-12)32(2,30)31/h4-10H,3,11H2,1-2H3,(H,23,26). The third-order valence-electron chi connectivity index (χ3n) is 4.29. The molecule has 0 aliphatic heterocycles. The molecule has 13 heteroatoms. The van der Waals surface area contributed by atoms with Crippen molar-refractivity contribution >= 4 is 33.0 Å². The van der Waals surface area contributed by atoms with Gasteiger partial charge in [0.1, 0.15) is 6.54 Å². The number of amides is 2. The first-order chi connectivity index (χ1) is 14.7. The van der Waals surface area contributed by atoms with Gasteiger partial charge in [0.15, 0.2) is 9.84 Å². The van der Waals surface area contributed by atoms with E-state index in [0.29, 0.717) is 0 Å². The van der Waals surface area contributed by atoms with Gasteiger partial charge in [-0.25, -0.2) is 8.42 Å². The SMILES string of the molecule is CCN(CC(=O)Nc1ccccc1C(F)(F)F)C(=O)c1cc([N+](=O)[O-])cc(S(C)(=O)=O)c1. The van der Waals surface area contributed by atoms with Crippen molar-refractivity contribution < 1.29 is 36.1 Å². The third-order valence-corrected chi connectivity index (χ3v) is 5.38. The zero-order valence-corrected chi connectivity index (χ0v) is 17.7. The van der Waals surface area contributed by atoms with Crippen molar-refractivity contribution in [2.75, 3.05) is 24.7 Å². The number of carbonyl (C=O) groups excluding carboxylic acids is 2. The number of sulfone groups is 1. The van der Waals surface area contributed by atoms with E-state index < -0.39 is 61.1 Å². The van der Waals surface area contributed by atoms with Gasteiger partial charge in [0.05, 0.1) is 21.1 Å². The van der Waals surface area contributed by atoms with Crippen LogP contribution in [0.1, 0.15) is 22.8 Å². The molecule has 0 spiro atoms. The predicted molar refractivity (Wildman–Crippen MR) is 108 cm³/mol. The summed E-state index contributed by atoms with van der Waals surface area (Å²) in [4.78, 5) is 35.8. The normalized spacial score (nSPS) is 11.7. The molecule has 1 N–H and O–H groups in total. The van der Waals surface area contributed by atoms with Gasteiger partial charge in [-0.05, 0) is 25.1 Å². The lowest BCUT2D eigenvalue weighted by atomic mass is 10.1. The zero-order valence-electron chi connectivity index (χ0n) is 16.8. The summed E-state index contributed by atoms with van der Waals surface area (Å²) in [6, 6.07) is 6.88. The molecular weight excluding hydrogens is 455 g/mol. The predicted octanol–water partition coefficient (Wildman–Crippen LogP) is 3.12. The van der Waals surface area contributed by atoms with E-state index >= 15 is 0 Å². The Kier molecular flexibility index (Phi) is 7.24. The van der Waals surface area contributed by atoms with Crippen molar-refractivity contribution in [1.82, 2.24) is 4.90 Å². The number of rotatable bonds is 7. The Labute approximate surface area is 180 Å². The maximum Gasteiger partial charge on any atom is 0.418 e. The highest BCUT2D eigenvalue weighted by Crippen LogP contribution is 2.34. The van der Waals surface area contributed by atoms with Crippen LogP contribution in [0.3, 0.4) is 0 Å². The first kappa shape index (κ1) is 24.8. The van der Waals surface area contributed by atoms with Gasteiger partial charge in [-0.3, -0.25) is 19.7 Å². The Morgan fingerprint density at radius 2 is 1.78 bits per heavy atom. The van der Waals surface area contributed by atoms with Gasteiger partial charge >= 0.3 is 6.18 Å². The fourth-order valence-electron chi connectivity index (χ4n) is 2.74. The van der Waals surface area contributed by atoms with Crippen LogP contribution in [0.4, 0.5) is 24.5 Å². The maximum atomic E-state index is 13.1. The molecule has 9 nitrogen and oxygen atoms in total. The van der Waals surface area contributed by atoms with E-state index in [4.69, 9.17) is 0 Å². The molecule has 0 aliphatic carbocycles. The molecule has 0 heterocycles. The van der Waals surface area contributed by atoms with Crippen molar-refractivity contribution in [3.05, 3.63) is 63.7 Å². The Morgan fingerprint density at radius 3 is 2.31 bits per heavy atom. The monoisotopic (exact) mass is 473 g/mol.